The van der Waals surface area contributed by atoms with Gasteiger partial charge in [0.15, 0.2) is 0 Å². The molecular weight excluding hydrogens is 260 g/mol. The molecular formula is C14H24N2O4. The molecule has 0 aromatic carbocycles. The molecule has 1 atom stereocenters. The fourth-order valence-electron chi connectivity index (χ4n) is 2.75. The van der Waals surface area contributed by atoms with Crippen LogP contribution in [0, 0.1) is 5.41 Å². The lowest BCUT2D eigenvalue weighted by molar-refractivity contribution is -0.151. The number of ether oxygens (including phenoxy) is 1. The molecule has 0 aromatic rings. The van der Waals surface area contributed by atoms with Crippen molar-refractivity contribution in [3.63, 3.8) is 0 Å². The van der Waals surface area contributed by atoms with Gasteiger partial charge in [-0.25, -0.2) is 0 Å². The second-order valence-electron chi connectivity index (χ2n) is 6.16. The van der Waals surface area contributed by atoms with E-state index in [1.54, 1.807) is 6.92 Å². The number of carboxylic acid groups (broad SMARTS) is 1. The largest absolute Gasteiger partial charge is 0.481 e. The number of carbonyl (C=O) groups excluding carboxylic acids is 1. The molecule has 6 heteroatoms. The van der Waals surface area contributed by atoms with Gasteiger partial charge < -0.3 is 14.7 Å². The number of nitrogens with zero attached hydrogens (tertiary/aromatic N) is 2. The highest BCUT2D eigenvalue weighted by Gasteiger charge is 2.37. The number of carboxylic acids is 1. The van der Waals surface area contributed by atoms with E-state index in [1.807, 2.05) is 11.8 Å². The molecule has 20 heavy (non-hydrogen) atoms. The Morgan fingerprint density at radius 2 is 1.95 bits per heavy atom. The average molecular weight is 284 g/mol. The summed E-state index contributed by atoms with van der Waals surface area (Å²) in [5, 5.41) is 9.19. The lowest BCUT2D eigenvalue weighted by Crippen LogP contribution is -2.50. The number of morpholine rings is 1. The molecule has 0 aliphatic carbocycles. The molecule has 0 bridgehead atoms. The molecule has 0 saturated carbocycles. The van der Waals surface area contributed by atoms with E-state index in [9.17, 15) is 14.7 Å². The molecule has 1 unspecified atom stereocenters. The first-order valence-electron chi connectivity index (χ1n) is 7.26. The summed E-state index contributed by atoms with van der Waals surface area (Å²) in [6, 6.07) is 0. The molecule has 0 spiro atoms. The van der Waals surface area contributed by atoms with Crippen LogP contribution in [0.1, 0.15) is 26.7 Å². The van der Waals surface area contributed by atoms with Crippen molar-refractivity contribution < 1.29 is 19.4 Å². The van der Waals surface area contributed by atoms with Gasteiger partial charge in [-0.3, -0.25) is 14.5 Å². The third-order valence-electron chi connectivity index (χ3n) is 4.43. The van der Waals surface area contributed by atoms with Crippen LogP contribution in [0.2, 0.25) is 0 Å². The standard InChI is InChI=1S/C14H24N2O4/c1-11-9-16(7-8-20-11)12(17)10-15-5-3-14(2,4-6-15)13(18)19/h11H,3-10H2,1-2H3,(H,18,19). The Labute approximate surface area is 119 Å². The molecule has 2 aliphatic heterocycles. The number of aliphatic carboxylic acids is 1. The average Bonchev–Trinajstić information content (AvgIpc) is 2.41. The van der Waals surface area contributed by atoms with E-state index in [1.165, 1.54) is 0 Å². The summed E-state index contributed by atoms with van der Waals surface area (Å²) in [6.07, 6.45) is 1.31. The summed E-state index contributed by atoms with van der Waals surface area (Å²) >= 11 is 0. The van der Waals surface area contributed by atoms with E-state index in [-0.39, 0.29) is 12.0 Å². The highest BCUT2D eigenvalue weighted by atomic mass is 16.5. The zero-order valence-corrected chi connectivity index (χ0v) is 12.3. The topological polar surface area (TPSA) is 70.1 Å². The maximum Gasteiger partial charge on any atom is 0.309 e. The molecule has 2 aliphatic rings. The predicted octanol–water partition coefficient (Wildman–Crippen LogP) is 0.420. The van der Waals surface area contributed by atoms with Crippen LogP contribution in [0.4, 0.5) is 0 Å². The third-order valence-corrected chi connectivity index (χ3v) is 4.43. The van der Waals surface area contributed by atoms with Gasteiger partial charge in [0.25, 0.3) is 0 Å². The van der Waals surface area contributed by atoms with Crippen molar-refractivity contribution in [1.29, 1.82) is 0 Å². The second kappa shape index (κ2) is 6.10. The Bertz CT molecular complexity index is 377. The smallest absolute Gasteiger partial charge is 0.309 e. The Hall–Kier alpha value is -1.14. The van der Waals surface area contributed by atoms with Crippen LogP contribution < -0.4 is 0 Å². The van der Waals surface area contributed by atoms with Gasteiger partial charge in [0.1, 0.15) is 0 Å². The summed E-state index contributed by atoms with van der Waals surface area (Å²) in [5.41, 5.74) is -0.632. The van der Waals surface area contributed by atoms with Gasteiger partial charge in [-0.05, 0) is 39.8 Å². The number of rotatable bonds is 3. The maximum atomic E-state index is 12.2. The molecule has 0 radical (unpaired) electrons. The highest BCUT2D eigenvalue weighted by molar-refractivity contribution is 5.78. The first-order valence-corrected chi connectivity index (χ1v) is 7.26. The van der Waals surface area contributed by atoms with Crippen LogP contribution in [-0.4, -0.2) is 72.2 Å². The van der Waals surface area contributed by atoms with E-state index >= 15 is 0 Å². The lowest BCUT2D eigenvalue weighted by atomic mass is 9.80. The zero-order chi connectivity index (χ0) is 14.8. The van der Waals surface area contributed by atoms with Crippen molar-refractivity contribution in [2.45, 2.75) is 32.8 Å². The minimum absolute atomic E-state index is 0.101. The van der Waals surface area contributed by atoms with Gasteiger partial charge in [-0.2, -0.15) is 0 Å². The van der Waals surface area contributed by atoms with Crippen molar-refractivity contribution in [3.8, 4) is 0 Å². The Balaban J connectivity index is 1.80. The molecule has 6 nitrogen and oxygen atoms in total. The van der Waals surface area contributed by atoms with Gasteiger partial charge in [0, 0.05) is 13.1 Å². The van der Waals surface area contributed by atoms with Gasteiger partial charge in [-0.1, -0.05) is 0 Å². The third kappa shape index (κ3) is 3.49. The molecule has 2 rings (SSSR count). The fraction of sp³-hybridized carbons (Fsp3) is 0.857. The first-order chi connectivity index (χ1) is 9.40. The normalized spacial score (nSPS) is 27.3. The summed E-state index contributed by atoms with van der Waals surface area (Å²) in [4.78, 5) is 27.3. The SMILES string of the molecule is CC1CN(C(=O)CN2CCC(C)(C(=O)O)CC2)CCO1. The Kier molecular flexibility index (Phi) is 4.65. The Morgan fingerprint density at radius 3 is 2.50 bits per heavy atom. The second-order valence-corrected chi connectivity index (χ2v) is 6.16. The molecule has 0 aromatic heterocycles. The van der Waals surface area contributed by atoms with E-state index in [2.05, 4.69) is 4.90 Å². The van der Waals surface area contributed by atoms with Crippen LogP contribution >= 0.6 is 0 Å². The van der Waals surface area contributed by atoms with Crippen LogP contribution in [0.25, 0.3) is 0 Å². The number of likely N-dealkylation sites (tertiary alicyclic amines) is 1. The fourth-order valence-corrected chi connectivity index (χ4v) is 2.75. The number of hydrogen-bond acceptors (Lipinski definition) is 4. The predicted molar refractivity (Wildman–Crippen MR) is 73.4 cm³/mol. The molecule has 2 fully saturated rings. The number of carbonyl (C=O) groups is 2. The Morgan fingerprint density at radius 1 is 1.30 bits per heavy atom. The molecule has 114 valence electrons. The van der Waals surface area contributed by atoms with Crippen LogP contribution in [-0.2, 0) is 14.3 Å². The quantitative estimate of drug-likeness (QED) is 0.813. The van der Waals surface area contributed by atoms with E-state index in [0.717, 1.165) is 0 Å². The van der Waals surface area contributed by atoms with Gasteiger partial charge in [0.05, 0.1) is 24.7 Å². The molecule has 1 N–H and O–H groups in total. The molecule has 2 heterocycles. The lowest BCUT2D eigenvalue weighted by Gasteiger charge is -2.38. The zero-order valence-electron chi connectivity index (χ0n) is 12.3. The van der Waals surface area contributed by atoms with Crippen molar-refractivity contribution in [3.05, 3.63) is 0 Å². The van der Waals surface area contributed by atoms with E-state index in [0.29, 0.717) is 52.2 Å². The molecule has 2 saturated heterocycles. The number of hydrogen-bond donors (Lipinski definition) is 1. The summed E-state index contributed by atoms with van der Waals surface area (Å²) in [6.45, 7) is 7.41. The maximum absolute atomic E-state index is 12.2. The van der Waals surface area contributed by atoms with Gasteiger partial charge >= 0.3 is 5.97 Å². The minimum atomic E-state index is -0.731. The highest BCUT2D eigenvalue weighted by Crippen LogP contribution is 2.30. The number of piperidine rings is 1. The summed E-state index contributed by atoms with van der Waals surface area (Å²) in [7, 11) is 0. The number of amides is 1. The van der Waals surface area contributed by atoms with Crippen LogP contribution in [0.5, 0.6) is 0 Å². The van der Waals surface area contributed by atoms with Gasteiger partial charge in [-0.15, -0.1) is 0 Å². The van der Waals surface area contributed by atoms with Crippen LogP contribution in [0.3, 0.4) is 0 Å². The first kappa shape index (κ1) is 15.3. The van der Waals surface area contributed by atoms with E-state index in [4.69, 9.17) is 4.74 Å². The van der Waals surface area contributed by atoms with Gasteiger partial charge in [0.2, 0.25) is 5.91 Å². The molecule has 1 amide bonds. The minimum Gasteiger partial charge on any atom is -0.481 e. The van der Waals surface area contributed by atoms with Crippen molar-refractivity contribution in [2.75, 3.05) is 39.3 Å². The van der Waals surface area contributed by atoms with Crippen LogP contribution in [0.15, 0.2) is 0 Å². The van der Waals surface area contributed by atoms with Crippen molar-refractivity contribution >= 4 is 11.9 Å². The summed E-state index contributed by atoms with van der Waals surface area (Å²) < 4.78 is 5.43. The monoisotopic (exact) mass is 284 g/mol. The van der Waals surface area contributed by atoms with E-state index < -0.39 is 11.4 Å². The van der Waals surface area contributed by atoms with Crippen molar-refractivity contribution in [2.24, 2.45) is 5.41 Å². The van der Waals surface area contributed by atoms with Crippen molar-refractivity contribution in [1.82, 2.24) is 9.80 Å². The summed E-state index contributed by atoms with van der Waals surface area (Å²) in [5.74, 6) is -0.607.